The summed E-state index contributed by atoms with van der Waals surface area (Å²) in [7, 11) is -0.295. The third kappa shape index (κ3) is 7.12. The van der Waals surface area contributed by atoms with Gasteiger partial charge in [-0.1, -0.05) is 12.1 Å². The van der Waals surface area contributed by atoms with E-state index in [-0.39, 0.29) is 17.3 Å². The fourth-order valence-electron chi connectivity index (χ4n) is 6.49. The maximum atomic E-state index is 14.4. The molecule has 13 nitrogen and oxygen atoms in total. The summed E-state index contributed by atoms with van der Waals surface area (Å²) >= 11 is 0. The lowest BCUT2D eigenvalue weighted by Crippen LogP contribution is -2.48. The predicted molar refractivity (Wildman–Crippen MR) is 202 cm³/mol. The van der Waals surface area contributed by atoms with Crippen molar-refractivity contribution in [2.75, 3.05) is 62.2 Å². The van der Waals surface area contributed by atoms with Crippen molar-refractivity contribution < 1.29 is 31.5 Å². The summed E-state index contributed by atoms with van der Waals surface area (Å²) in [4.78, 5) is 29.8. The van der Waals surface area contributed by atoms with Crippen LogP contribution in [0.4, 0.5) is 31.8 Å². The van der Waals surface area contributed by atoms with Crippen LogP contribution in [0.5, 0.6) is 11.5 Å². The van der Waals surface area contributed by atoms with E-state index in [9.17, 15) is 22.0 Å². The summed E-state index contributed by atoms with van der Waals surface area (Å²) in [5.41, 5.74) is 4.68. The number of imidazole rings is 1. The molecule has 1 aliphatic rings. The highest BCUT2D eigenvalue weighted by Crippen LogP contribution is 2.37. The third-order valence-corrected chi connectivity index (χ3v) is 10.5. The number of sulfonamides is 1. The molecule has 0 saturated carbocycles. The Bertz CT molecular complexity index is 2480. The number of nitrogens with one attached hydrogen (secondary N) is 2. The fourth-order valence-corrected chi connectivity index (χ4v) is 7.32. The molecule has 1 aliphatic heterocycles. The first-order valence-corrected chi connectivity index (χ1v) is 18.7. The van der Waals surface area contributed by atoms with Gasteiger partial charge in [0, 0.05) is 55.9 Å². The molecule has 54 heavy (non-hydrogen) atoms. The SMILES string of the molecule is COc1cc(N2CCN(S(C)(=O)=O)CC2)c(C)cc1Nc1nccc(-c2c(-c3ccc(OC)c(C(=O)Nc4c(F)cccc4F)c3)nc3ccccn23)n1. The minimum atomic E-state index is -3.26. The molecule has 1 saturated heterocycles. The van der Waals surface area contributed by atoms with Gasteiger partial charge in [-0.3, -0.25) is 9.20 Å². The molecule has 1 amide bonds. The Labute approximate surface area is 310 Å². The molecule has 16 heteroatoms. The van der Waals surface area contributed by atoms with Crippen LogP contribution in [0.15, 0.2) is 85.2 Å². The Balaban J connectivity index is 1.22. The van der Waals surface area contributed by atoms with Crippen molar-refractivity contribution in [3.8, 4) is 34.1 Å². The van der Waals surface area contributed by atoms with Gasteiger partial charge in [-0.25, -0.2) is 32.2 Å². The number of anilines is 4. The van der Waals surface area contributed by atoms with Gasteiger partial charge >= 0.3 is 0 Å². The van der Waals surface area contributed by atoms with Crippen LogP contribution in [0, 0.1) is 18.6 Å². The molecule has 7 rings (SSSR count). The lowest BCUT2D eigenvalue weighted by Gasteiger charge is -2.35. The average Bonchev–Trinajstić information content (AvgIpc) is 3.56. The molecular formula is C38H36F2N8O5S. The molecule has 0 unspecified atom stereocenters. The molecule has 4 heterocycles. The number of carbonyl (C=O) groups is 1. The lowest BCUT2D eigenvalue weighted by atomic mass is 10.0. The van der Waals surface area contributed by atoms with E-state index in [1.54, 1.807) is 37.6 Å². The zero-order valence-corrected chi connectivity index (χ0v) is 30.6. The van der Waals surface area contributed by atoms with Crippen LogP contribution in [0.3, 0.4) is 0 Å². The molecule has 2 N–H and O–H groups in total. The topological polar surface area (TPSA) is 143 Å². The van der Waals surface area contributed by atoms with Crippen LogP contribution < -0.4 is 25.0 Å². The highest BCUT2D eigenvalue weighted by Gasteiger charge is 2.26. The maximum absolute atomic E-state index is 14.4. The van der Waals surface area contributed by atoms with Gasteiger partial charge in [0.15, 0.2) is 0 Å². The number of methoxy groups -OCH3 is 2. The van der Waals surface area contributed by atoms with Crippen molar-refractivity contribution in [3.63, 3.8) is 0 Å². The van der Waals surface area contributed by atoms with E-state index >= 15 is 0 Å². The molecule has 0 atom stereocenters. The number of fused-ring (bicyclic) bond motifs is 1. The smallest absolute Gasteiger partial charge is 0.259 e. The zero-order valence-electron chi connectivity index (χ0n) is 29.8. The molecule has 0 bridgehead atoms. The normalized spacial score (nSPS) is 13.6. The molecule has 3 aromatic heterocycles. The van der Waals surface area contributed by atoms with Crippen molar-refractivity contribution >= 4 is 44.6 Å². The number of piperazine rings is 1. The predicted octanol–water partition coefficient (Wildman–Crippen LogP) is 6.14. The number of benzene rings is 3. The van der Waals surface area contributed by atoms with Crippen LogP contribution in [0.1, 0.15) is 15.9 Å². The molecule has 0 radical (unpaired) electrons. The van der Waals surface area contributed by atoms with Crippen molar-refractivity contribution in [2.24, 2.45) is 0 Å². The molecule has 0 aliphatic carbocycles. The summed E-state index contributed by atoms with van der Waals surface area (Å²) in [6.45, 7) is 3.85. The minimum Gasteiger partial charge on any atom is -0.496 e. The quantitative estimate of drug-likeness (QED) is 0.168. The molecular weight excluding hydrogens is 719 g/mol. The van der Waals surface area contributed by atoms with E-state index in [0.717, 1.165) is 23.4 Å². The Morgan fingerprint density at radius 2 is 1.61 bits per heavy atom. The molecule has 6 aromatic rings. The van der Waals surface area contributed by atoms with Gasteiger partial charge in [0.2, 0.25) is 16.0 Å². The largest absolute Gasteiger partial charge is 0.496 e. The first-order valence-electron chi connectivity index (χ1n) is 16.8. The number of aromatic nitrogens is 4. The molecule has 278 valence electrons. The van der Waals surface area contributed by atoms with E-state index in [1.165, 1.54) is 23.7 Å². The number of aryl methyl sites for hydroxylation is 1. The van der Waals surface area contributed by atoms with Gasteiger partial charge in [-0.15, -0.1) is 0 Å². The maximum Gasteiger partial charge on any atom is 0.259 e. The van der Waals surface area contributed by atoms with Gasteiger partial charge in [0.1, 0.15) is 34.5 Å². The van der Waals surface area contributed by atoms with Gasteiger partial charge < -0.3 is 25.0 Å². The van der Waals surface area contributed by atoms with Crippen molar-refractivity contribution in [1.29, 1.82) is 0 Å². The van der Waals surface area contributed by atoms with Gasteiger partial charge in [0.25, 0.3) is 5.91 Å². The average molecular weight is 755 g/mol. The number of rotatable bonds is 10. The first kappa shape index (κ1) is 36.2. The summed E-state index contributed by atoms with van der Waals surface area (Å²) in [5.74, 6) is -1.59. The zero-order chi connectivity index (χ0) is 38.1. The van der Waals surface area contributed by atoms with E-state index in [1.807, 2.05) is 47.9 Å². The Kier molecular flexibility index (Phi) is 9.87. The number of pyridine rings is 1. The third-order valence-electron chi connectivity index (χ3n) is 9.16. The molecule has 0 spiro atoms. The highest BCUT2D eigenvalue weighted by atomic mass is 32.2. The van der Waals surface area contributed by atoms with Gasteiger partial charge in [-0.2, -0.15) is 4.31 Å². The second-order valence-electron chi connectivity index (χ2n) is 12.6. The molecule has 1 fully saturated rings. The number of nitrogens with zero attached hydrogens (tertiary/aromatic N) is 6. The number of carbonyl (C=O) groups excluding carboxylic acids is 1. The van der Waals surface area contributed by atoms with Crippen LogP contribution in [0.25, 0.3) is 28.3 Å². The first-order chi connectivity index (χ1) is 25.9. The summed E-state index contributed by atoms with van der Waals surface area (Å²) in [6.07, 6.45) is 4.68. The number of ether oxygens (including phenoxy) is 2. The standard InChI is InChI=1S/C38H36F2N8O5S/c1-23-20-29(32(53-3)22-30(23)46-16-18-47(19-17-46)54(4,50)51)43-38-41-14-13-28(42-38)36-34(44-33-10-5-6-15-48(33)36)24-11-12-31(52-2)25(21-24)37(49)45-35-26(39)8-7-9-27(35)40/h5-15,20-22H,16-19H2,1-4H3,(H,45,49)(H,41,42,43). The van der Waals surface area contributed by atoms with Crippen molar-refractivity contribution in [1.82, 2.24) is 23.7 Å². The monoisotopic (exact) mass is 754 g/mol. The minimum absolute atomic E-state index is 0.0360. The summed E-state index contributed by atoms with van der Waals surface area (Å²) < 4.78 is 67.5. The number of amides is 1. The van der Waals surface area contributed by atoms with Gasteiger partial charge in [-0.05, 0) is 67.1 Å². The number of hydrogen-bond donors (Lipinski definition) is 2. The number of para-hydroxylation sites is 1. The van der Waals surface area contributed by atoms with E-state index in [2.05, 4.69) is 20.5 Å². The Morgan fingerprint density at radius 3 is 2.31 bits per heavy atom. The lowest BCUT2D eigenvalue weighted by molar-refractivity contribution is 0.102. The number of halogens is 2. The van der Waals surface area contributed by atoms with Crippen LogP contribution in [-0.4, -0.2) is 84.6 Å². The van der Waals surface area contributed by atoms with Crippen LogP contribution in [0.2, 0.25) is 0 Å². The van der Waals surface area contributed by atoms with Crippen molar-refractivity contribution in [3.05, 3.63) is 108 Å². The Morgan fingerprint density at radius 1 is 0.870 bits per heavy atom. The van der Waals surface area contributed by atoms with Gasteiger partial charge in [0.05, 0.1) is 48.8 Å². The van der Waals surface area contributed by atoms with Crippen LogP contribution in [-0.2, 0) is 10.0 Å². The van der Waals surface area contributed by atoms with E-state index in [4.69, 9.17) is 19.4 Å². The number of hydrogen-bond acceptors (Lipinski definition) is 10. The Hall–Kier alpha value is -6.13. The second-order valence-corrected chi connectivity index (χ2v) is 14.6. The highest BCUT2D eigenvalue weighted by molar-refractivity contribution is 7.88. The van der Waals surface area contributed by atoms with Crippen molar-refractivity contribution in [2.45, 2.75) is 6.92 Å². The van der Waals surface area contributed by atoms with Crippen LogP contribution >= 0.6 is 0 Å². The molecule has 3 aromatic carbocycles. The fraction of sp³-hybridized carbons (Fsp3) is 0.211. The summed E-state index contributed by atoms with van der Waals surface area (Å²) in [6, 6.07) is 19.3. The van der Waals surface area contributed by atoms with E-state index < -0.39 is 33.3 Å². The van der Waals surface area contributed by atoms with E-state index in [0.29, 0.717) is 65.9 Å². The summed E-state index contributed by atoms with van der Waals surface area (Å²) in [5, 5.41) is 5.62. The second kappa shape index (κ2) is 14.7.